The minimum Gasteiger partial charge on any atom is -0.294 e. The summed E-state index contributed by atoms with van der Waals surface area (Å²) in [5.74, 6) is 1.50. The van der Waals surface area contributed by atoms with Gasteiger partial charge in [0.2, 0.25) is 0 Å². The highest BCUT2D eigenvalue weighted by molar-refractivity contribution is 6.03. The smallest absolute Gasteiger partial charge is 0.167 e. The average Bonchev–Trinajstić information content (AvgIpc) is 2.56. The SMILES string of the molecule is Cc1c(C(C)C)ccc2c1C(=O)C(C(C)C)C2. The van der Waals surface area contributed by atoms with E-state index in [1.165, 1.54) is 16.7 Å². The first-order valence-corrected chi connectivity index (χ1v) is 6.60. The van der Waals surface area contributed by atoms with E-state index in [-0.39, 0.29) is 5.92 Å². The molecule has 0 radical (unpaired) electrons. The zero-order valence-electron chi connectivity index (χ0n) is 11.5. The first-order valence-electron chi connectivity index (χ1n) is 6.60. The van der Waals surface area contributed by atoms with Crippen molar-refractivity contribution in [1.29, 1.82) is 0 Å². The fourth-order valence-electron chi connectivity index (χ4n) is 2.98. The molecule has 92 valence electrons. The number of Topliss-reactive ketones (excluding diaryl/α,β-unsaturated/α-hetero) is 1. The maximum Gasteiger partial charge on any atom is 0.167 e. The number of carbonyl (C=O) groups is 1. The monoisotopic (exact) mass is 230 g/mol. The number of carbonyl (C=O) groups excluding carboxylic acids is 1. The predicted molar refractivity (Wildman–Crippen MR) is 71.6 cm³/mol. The molecular formula is C16H22O. The molecule has 2 rings (SSSR count). The molecule has 0 aromatic heterocycles. The molecule has 0 amide bonds. The summed E-state index contributed by atoms with van der Waals surface area (Å²) in [6.45, 7) is 10.8. The van der Waals surface area contributed by atoms with Gasteiger partial charge in [0, 0.05) is 11.5 Å². The van der Waals surface area contributed by atoms with Gasteiger partial charge in [-0.3, -0.25) is 4.79 Å². The molecule has 0 saturated carbocycles. The van der Waals surface area contributed by atoms with Crippen molar-refractivity contribution in [3.63, 3.8) is 0 Å². The van der Waals surface area contributed by atoms with Gasteiger partial charge in [-0.1, -0.05) is 39.8 Å². The van der Waals surface area contributed by atoms with Crippen LogP contribution in [-0.4, -0.2) is 5.78 Å². The van der Waals surface area contributed by atoms with Gasteiger partial charge in [0.15, 0.2) is 5.78 Å². The van der Waals surface area contributed by atoms with Crippen LogP contribution in [-0.2, 0) is 6.42 Å². The van der Waals surface area contributed by atoms with E-state index in [0.29, 0.717) is 17.6 Å². The normalized spacial score (nSPS) is 19.2. The average molecular weight is 230 g/mol. The van der Waals surface area contributed by atoms with Gasteiger partial charge in [-0.2, -0.15) is 0 Å². The van der Waals surface area contributed by atoms with Gasteiger partial charge in [0.25, 0.3) is 0 Å². The molecule has 1 aliphatic rings. The van der Waals surface area contributed by atoms with E-state index in [0.717, 1.165) is 12.0 Å². The van der Waals surface area contributed by atoms with E-state index in [2.05, 4.69) is 46.8 Å². The minimum absolute atomic E-state index is 0.200. The second-order valence-corrected chi connectivity index (χ2v) is 5.89. The number of benzene rings is 1. The lowest BCUT2D eigenvalue weighted by Gasteiger charge is -2.13. The summed E-state index contributed by atoms with van der Waals surface area (Å²) in [5, 5.41) is 0. The maximum atomic E-state index is 12.4. The Morgan fingerprint density at radius 3 is 2.35 bits per heavy atom. The van der Waals surface area contributed by atoms with Gasteiger partial charge in [0.1, 0.15) is 0 Å². The van der Waals surface area contributed by atoms with Crippen molar-refractivity contribution >= 4 is 5.78 Å². The summed E-state index contributed by atoms with van der Waals surface area (Å²) in [6, 6.07) is 4.37. The molecule has 0 heterocycles. The number of hydrogen-bond acceptors (Lipinski definition) is 1. The van der Waals surface area contributed by atoms with Crippen LogP contribution in [0.5, 0.6) is 0 Å². The number of fused-ring (bicyclic) bond motifs is 1. The first kappa shape index (κ1) is 12.3. The van der Waals surface area contributed by atoms with Gasteiger partial charge in [0.05, 0.1) is 0 Å². The van der Waals surface area contributed by atoms with Crippen LogP contribution < -0.4 is 0 Å². The third kappa shape index (κ3) is 1.92. The van der Waals surface area contributed by atoms with Crippen LogP contribution in [0, 0.1) is 18.8 Å². The summed E-state index contributed by atoms with van der Waals surface area (Å²) in [7, 11) is 0. The highest BCUT2D eigenvalue weighted by atomic mass is 16.1. The lowest BCUT2D eigenvalue weighted by molar-refractivity contribution is 0.0905. The zero-order valence-corrected chi connectivity index (χ0v) is 11.5. The van der Waals surface area contributed by atoms with Crippen molar-refractivity contribution in [2.75, 3.05) is 0 Å². The van der Waals surface area contributed by atoms with Crippen molar-refractivity contribution < 1.29 is 4.79 Å². The van der Waals surface area contributed by atoms with Crippen molar-refractivity contribution in [2.45, 2.75) is 47.0 Å². The molecule has 0 aliphatic heterocycles. The fraction of sp³-hybridized carbons (Fsp3) is 0.562. The molecule has 0 saturated heterocycles. The maximum absolute atomic E-state index is 12.4. The summed E-state index contributed by atoms with van der Waals surface area (Å²) >= 11 is 0. The Morgan fingerprint density at radius 2 is 1.82 bits per heavy atom. The zero-order chi connectivity index (χ0) is 12.7. The van der Waals surface area contributed by atoms with Crippen molar-refractivity contribution in [2.24, 2.45) is 11.8 Å². The highest BCUT2D eigenvalue weighted by Crippen LogP contribution is 2.36. The second-order valence-electron chi connectivity index (χ2n) is 5.89. The molecular weight excluding hydrogens is 208 g/mol. The van der Waals surface area contributed by atoms with E-state index in [1.807, 2.05) is 0 Å². The summed E-state index contributed by atoms with van der Waals surface area (Å²) < 4.78 is 0. The van der Waals surface area contributed by atoms with Crippen LogP contribution in [0.3, 0.4) is 0 Å². The molecule has 1 aromatic rings. The topological polar surface area (TPSA) is 17.1 Å². The lowest BCUT2D eigenvalue weighted by Crippen LogP contribution is -2.16. The van der Waals surface area contributed by atoms with Crippen molar-refractivity contribution in [3.05, 3.63) is 34.4 Å². The van der Waals surface area contributed by atoms with Crippen LogP contribution in [0.25, 0.3) is 0 Å². The molecule has 1 unspecified atom stereocenters. The Balaban J connectivity index is 2.50. The molecule has 1 nitrogen and oxygen atoms in total. The van der Waals surface area contributed by atoms with Gasteiger partial charge >= 0.3 is 0 Å². The molecule has 1 atom stereocenters. The molecule has 1 aliphatic carbocycles. The Kier molecular flexibility index (Phi) is 3.11. The van der Waals surface area contributed by atoms with E-state index >= 15 is 0 Å². The van der Waals surface area contributed by atoms with E-state index in [4.69, 9.17) is 0 Å². The molecule has 0 bridgehead atoms. The van der Waals surface area contributed by atoms with Gasteiger partial charge in [-0.25, -0.2) is 0 Å². The van der Waals surface area contributed by atoms with Crippen LogP contribution in [0.4, 0.5) is 0 Å². The van der Waals surface area contributed by atoms with Crippen molar-refractivity contribution in [1.82, 2.24) is 0 Å². The summed E-state index contributed by atoms with van der Waals surface area (Å²) in [5.41, 5.74) is 4.82. The first-order chi connectivity index (χ1) is 7.93. The Bertz CT molecular complexity index is 455. The highest BCUT2D eigenvalue weighted by Gasteiger charge is 2.34. The van der Waals surface area contributed by atoms with Crippen LogP contribution in [0.1, 0.15) is 60.7 Å². The van der Waals surface area contributed by atoms with Gasteiger partial charge in [-0.05, 0) is 41.9 Å². The third-order valence-corrected chi connectivity index (χ3v) is 4.04. The molecule has 0 fully saturated rings. The predicted octanol–water partition coefficient (Wildman–Crippen LogP) is 4.13. The number of rotatable bonds is 2. The van der Waals surface area contributed by atoms with E-state index in [9.17, 15) is 4.79 Å². The number of hydrogen-bond donors (Lipinski definition) is 0. The Morgan fingerprint density at radius 1 is 1.18 bits per heavy atom. The van der Waals surface area contributed by atoms with Crippen LogP contribution in [0.2, 0.25) is 0 Å². The van der Waals surface area contributed by atoms with Gasteiger partial charge in [-0.15, -0.1) is 0 Å². The molecule has 1 aromatic carbocycles. The van der Waals surface area contributed by atoms with Crippen LogP contribution in [0.15, 0.2) is 12.1 Å². The fourth-order valence-corrected chi connectivity index (χ4v) is 2.98. The minimum atomic E-state index is 0.200. The largest absolute Gasteiger partial charge is 0.294 e. The standard InChI is InChI=1S/C16H22O/c1-9(2)13-7-6-12-8-14(10(3)4)16(17)15(12)11(13)5/h6-7,9-10,14H,8H2,1-5H3. The van der Waals surface area contributed by atoms with Crippen LogP contribution >= 0.6 is 0 Å². The Hall–Kier alpha value is -1.11. The lowest BCUT2D eigenvalue weighted by atomic mass is 9.90. The summed E-state index contributed by atoms with van der Waals surface area (Å²) in [6.07, 6.45) is 0.936. The van der Waals surface area contributed by atoms with Crippen molar-refractivity contribution in [3.8, 4) is 0 Å². The summed E-state index contributed by atoms with van der Waals surface area (Å²) in [4.78, 5) is 12.4. The van der Waals surface area contributed by atoms with E-state index < -0.39 is 0 Å². The van der Waals surface area contributed by atoms with E-state index in [1.54, 1.807) is 0 Å². The third-order valence-electron chi connectivity index (χ3n) is 4.04. The second kappa shape index (κ2) is 4.29. The molecule has 1 heteroatoms. The Labute approximate surface area is 104 Å². The quantitative estimate of drug-likeness (QED) is 0.746. The van der Waals surface area contributed by atoms with Gasteiger partial charge < -0.3 is 0 Å². The molecule has 17 heavy (non-hydrogen) atoms. The molecule has 0 N–H and O–H groups in total. The number of ketones is 1. The molecule has 0 spiro atoms.